The molecule has 0 atom stereocenters. The van der Waals surface area contributed by atoms with E-state index >= 15 is 0 Å². The van der Waals surface area contributed by atoms with Crippen molar-refractivity contribution in [1.29, 1.82) is 0 Å². The maximum absolute atomic E-state index is 3.92. The lowest BCUT2D eigenvalue weighted by Crippen LogP contribution is -1.87. The Labute approximate surface area is 96.7 Å². The molecule has 0 fully saturated rings. The maximum atomic E-state index is 3.92. The lowest BCUT2D eigenvalue weighted by atomic mass is 10.0. The molecule has 2 rings (SSSR count). The number of benzene rings is 1. The zero-order valence-electron chi connectivity index (χ0n) is 9.66. The van der Waals surface area contributed by atoms with Crippen LogP contribution in [0.1, 0.15) is 31.7 Å². The number of aromatic amines is 1. The Hall–Kier alpha value is -1.57. The van der Waals surface area contributed by atoms with E-state index in [4.69, 9.17) is 0 Å². The molecule has 0 bridgehead atoms. The first-order valence-corrected chi connectivity index (χ1v) is 5.90. The van der Waals surface area contributed by atoms with E-state index in [9.17, 15) is 0 Å². The monoisotopic (exact) mass is 213 g/mol. The standard InChI is InChI=1S/C14H17N2/c1-2-3-4-6-12-7-5-8-13(11-12)14-9-10-15-16-14/h5,7-8,10-11H,2-4,6H2,1H3,(H,15,16). The van der Waals surface area contributed by atoms with Crippen molar-refractivity contribution >= 4 is 0 Å². The van der Waals surface area contributed by atoms with Gasteiger partial charge in [-0.3, -0.25) is 5.10 Å². The first kappa shape index (κ1) is 10.9. The minimum absolute atomic E-state index is 0.970. The normalized spacial score (nSPS) is 10.6. The van der Waals surface area contributed by atoms with Crippen LogP contribution in [0.5, 0.6) is 0 Å². The molecule has 2 heteroatoms. The summed E-state index contributed by atoms with van der Waals surface area (Å²) < 4.78 is 0. The van der Waals surface area contributed by atoms with Crippen molar-refractivity contribution in [2.45, 2.75) is 32.6 Å². The number of hydrogen-bond acceptors (Lipinski definition) is 1. The van der Waals surface area contributed by atoms with E-state index < -0.39 is 0 Å². The average Bonchev–Trinajstić information content (AvgIpc) is 2.83. The fourth-order valence-corrected chi connectivity index (χ4v) is 1.84. The van der Waals surface area contributed by atoms with E-state index in [0.717, 1.165) is 12.1 Å². The van der Waals surface area contributed by atoms with Crippen LogP contribution in [0, 0.1) is 6.07 Å². The summed E-state index contributed by atoms with van der Waals surface area (Å²) in [6.45, 7) is 2.23. The van der Waals surface area contributed by atoms with Crippen LogP contribution in [0.3, 0.4) is 0 Å². The number of nitrogens with zero attached hydrogens (tertiary/aromatic N) is 1. The maximum Gasteiger partial charge on any atom is 0.0730 e. The molecule has 0 saturated heterocycles. The van der Waals surface area contributed by atoms with Crippen LogP contribution in [0.25, 0.3) is 11.3 Å². The first-order chi connectivity index (χ1) is 7.90. The summed E-state index contributed by atoms with van der Waals surface area (Å²) in [7, 11) is 0. The van der Waals surface area contributed by atoms with Crippen LogP contribution in [-0.4, -0.2) is 10.2 Å². The van der Waals surface area contributed by atoms with Gasteiger partial charge in [0.1, 0.15) is 0 Å². The van der Waals surface area contributed by atoms with E-state index in [0.29, 0.717) is 0 Å². The molecule has 1 N–H and O–H groups in total. The Morgan fingerprint density at radius 2 is 2.25 bits per heavy atom. The smallest absolute Gasteiger partial charge is 0.0730 e. The van der Waals surface area contributed by atoms with Crippen LogP contribution in [0.15, 0.2) is 30.5 Å². The van der Waals surface area contributed by atoms with Crippen LogP contribution in [0.2, 0.25) is 0 Å². The third-order valence-corrected chi connectivity index (χ3v) is 2.73. The molecule has 0 aliphatic heterocycles. The van der Waals surface area contributed by atoms with Gasteiger partial charge in [-0.1, -0.05) is 38.0 Å². The summed E-state index contributed by atoms with van der Waals surface area (Å²) in [5.74, 6) is 0. The quantitative estimate of drug-likeness (QED) is 0.755. The van der Waals surface area contributed by atoms with Crippen LogP contribution < -0.4 is 0 Å². The minimum atomic E-state index is 0.970. The molecule has 2 nitrogen and oxygen atoms in total. The predicted molar refractivity (Wildman–Crippen MR) is 66.1 cm³/mol. The molecule has 0 amide bonds. The average molecular weight is 213 g/mol. The third kappa shape index (κ3) is 2.72. The number of nitrogens with one attached hydrogen (secondary N) is 1. The van der Waals surface area contributed by atoms with Gasteiger partial charge in [0.15, 0.2) is 0 Å². The molecule has 1 heterocycles. The minimum Gasteiger partial charge on any atom is -0.277 e. The SMILES string of the molecule is CCCCCc1cccc(-c2[c]cn[nH]2)c1. The molecule has 0 saturated carbocycles. The molecule has 0 aliphatic carbocycles. The number of H-pyrrole nitrogens is 1. The van der Waals surface area contributed by atoms with Gasteiger partial charge in [0.2, 0.25) is 0 Å². The summed E-state index contributed by atoms with van der Waals surface area (Å²) in [5.41, 5.74) is 3.54. The largest absolute Gasteiger partial charge is 0.277 e. The molecule has 1 radical (unpaired) electrons. The highest BCUT2D eigenvalue weighted by atomic mass is 15.1. The lowest BCUT2D eigenvalue weighted by molar-refractivity contribution is 0.717. The van der Waals surface area contributed by atoms with Gasteiger partial charge in [0, 0.05) is 11.6 Å². The van der Waals surface area contributed by atoms with E-state index in [1.54, 1.807) is 6.20 Å². The summed E-state index contributed by atoms with van der Waals surface area (Å²) in [6, 6.07) is 11.7. The van der Waals surface area contributed by atoms with Crippen LogP contribution >= 0.6 is 0 Å². The van der Waals surface area contributed by atoms with Crippen LogP contribution in [-0.2, 0) is 6.42 Å². The molecule has 1 aromatic carbocycles. The summed E-state index contributed by atoms with van der Waals surface area (Å²) in [5, 5.41) is 6.87. The van der Waals surface area contributed by atoms with Crippen molar-refractivity contribution in [2.75, 3.05) is 0 Å². The molecular weight excluding hydrogens is 196 g/mol. The summed E-state index contributed by atoms with van der Waals surface area (Å²) in [4.78, 5) is 0. The molecule has 16 heavy (non-hydrogen) atoms. The number of hydrogen-bond donors (Lipinski definition) is 1. The molecule has 1 aromatic heterocycles. The number of unbranched alkanes of at least 4 members (excludes halogenated alkanes) is 2. The second-order valence-electron chi connectivity index (χ2n) is 4.05. The zero-order chi connectivity index (χ0) is 11.2. The number of rotatable bonds is 5. The van der Waals surface area contributed by atoms with Crippen molar-refractivity contribution < 1.29 is 0 Å². The highest BCUT2D eigenvalue weighted by Gasteiger charge is 2.00. The lowest BCUT2D eigenvalue weighted by Gasteiger charge is -2.03. The topological polar surface area (TPSA) is 28.7 Å². The molecule has 0 spiro atoms. The highest BCUT2D eigenvalue weighted by molar-refractivity contribution is 5.58. The number of aromatic nitrogens is 2. The van der Waals surface area contributed by atoms with Gasteiger partial charge in [0.25, 0.3) is 0 Å². The molecule has 0 aliphatic rings. The van der Waals surface area contributed by atoms with Gasteiger partial charge >= 0.3 is 0 Å². The van der Waals surface area contributed by atoms with E-state index in [1.807, 2.05) is 0 Å². The van der Waals surface area contributed by atoms with Gasteiger partial charge in [-0.05, 0) is 24.5 Å². The second kappa shape index (κ2) is 5.50. The summed E-state index contributed by atoms with van der Waals surface area (Å²) in [6.07, 6.45) is 6.68. The Balaban J connectivity index is 2.08. The summed E-state index contributed by atoms with van der Waals surface area (Å²) >= 11 is 0. The molecule has 83 valence electrons. The van der Waals surface area contributed by atoms with Crippen molar-refractivity contribution in [3.8, 4) is 11.3 Å². The van der Waals surface area contributed by atoms with E-state index in [1.165, 1.54) is 30.4 Å². The molecule has 0 unspecified atom stereocenters. The van der Waals surface area contributed by atoms with Crippen molar-refractivity contribution in [3.63, 3.8) is 0 Å². The van der Waals surface area contributed by atoms with Gasteiger partial charge in [-0.15, -0.1) is 0 Å². The second-order valence-corrected chi connectivity index (χ2v) is 4.05. The van der Waals surface area contributed by atoms with Gasteiger partial charge in [-0.2, -0.15) is 5.10 Å². The van der Waals surface area contributed by atoms with Crippen molar-refractivity contribution in [1.82, 2.24) is 10.2 Å². The Morgan fingerprint density at radius 1 is 1.31 bits per heavy atom. The Bertz CT molecular complexity index is 418. The number of aryl methyl sites for hydroxylation is 1. The first-order valence-electron chi connectivity index (χ1n) is 5.90. The fourth-order valence-electron chi connectivity index (χ4n) is 1.84. The van der Waals surface area contributed by atoms with E-state index in [2.05, 4.69) is 47.5 Å². The van der Waals surface area contributed by atoms with Gasteiger partial charge < -0.3 is 0 Å². The molecule has 2 aromatic rings. The Morgan fingerprint density at radius 3 is 3.00 bits per heavy atom. The fraction of sp³-hybridized carbons (Fsp3) is 0.357. The predicted octanol–water partition coefficient (Wildman–Crippen LogP) is 3.61. The van der Waals surface area contributed by atoms with Crippen molar-refractivity contribution in [2.24, 2.45) is 0 Å². The van der Waals surface area contributed by atoms with Gasteiger partial charge in [0.05, 0.1) is 11.9 Å². The zero-order valence-corrected chi connectivity index (χ0v) is 9.66. The Kier molecular flexibility index (Phi) is 3.76. The van der Waals surface area contributed by atoms with E-state index in [-0.39, 0.29) is 0 Å². The van der Waals surface area contributed by atoms with Crippen LogP contribution in [0.4, 0.5) is 0 Å². The highest BCUT2D eigenvalue weighted by Crippen LogP contribution is 2.18. The molecular formula is C14H17N2. The van der Waals surface area contributed by atoms with Gasteiger partial charge in [-0.25, -0.2) is 0 Å². The third-order valence-electron chi connectivity index (χ3n) is 2.73. The van der Waals surface area contributed by atoms with Crippen molar-refractivity contribution in [3.05, 3.63) is 42.1 Å².